The Morgan fingerprint density at radius 1 is 1.70 bits per heavy atom. The van der Waals surface area contributed by atoms with Crippen LogP contribution < -0.4 is 0 Å². The van der Waals surface area contributed by atoms with Gasteiger partial charge in [-0.1, -0.05) is 33.6 Å². The molecule has 0 bridgehead atoms. The summed E-state index contributed by atoms with van der Waals surface area (Å²) in [6.07, 6.45) is 0. The second-order valence-electron chi connectivity index (χ2n) is 1.74. The minimum Gasteiger partial charge on any atom is -0.392 e. The molecule has 0 unspecified atom stereocenters. The van der Waals surface area contributed by atoms with E-state index in [9.17, 15) is 0 Å². The third-order valence-corrected chi connectivity index (χ3v) is 1.86. The maximum Gasteiger partial charge on any atom is 0.0696 e. The van der Waals surface area contributed by atoms with Crippen molar-refractivity contribution in [2.75, 3.05) is 0 Å². The third-order valence-electron chi connectivity index (χ3n) is 1.05. The zero-order valence-electron chi connectivity index (χ0n) is 6.94. The fourth-order valence-corrected chi connectivity index (χ4v) is 1.30. The van der Waals surface area contributed by atoms with Gasteiger partial charge in [0.05, 0.1) is 9.30 Å². The van der Waals surface area contributed by atoms with Crippen molar-refractivity contribution in [2.45, 2.75) is 6.56 Å². The molecule has 0 aliphatic carbocycles. The summed E-state index contributed by atoms with van der Waals surface area (Å²) in [4.78, 5) is 0. The summed E-state index contributed by atoms with van der Waals surface area (Å²) in [5.41, 5.74) is 0.0763. The van der Waals surface area contributed by atoms with Gasteiger partial charge in [-0.05, 0) is 17.7 Å². The lowest BCUT2D eigenvalue weighted by molar-refractivity contribution is 0.282. The van der Waals surface area contributed by atoms with Crippen LogP contribution in [0.3, 0.4) is 0 Å². The summed E-state index contributed by atoms with van der Waals surface area (Å²) in [6.45, 7) is -2.38. The summed E-state index contributed by atoms with van der Waals surface area (Å²) < 4.78 is 14.8. The summed E-state index contributed by atoms with van der Waals surface area (Å²) in [5, 5.41) is 9.20. The second-order valence-corrected chi connectivity index (χ2v) is 3.06. The lowest BCUT2D eigenvalue weighted by Crippen LogP contribution is -1.82. The van der Waals surface area contributed by atoms with Crippen molar-refractivity contribution in [3.8, 4) is 0 Å². The highest BCUT2D eigenvalue weighted by Gasteiger charge is 1.97. The zero-order chi connectivity index (χ0) is 9.35. The van der Waals surface area contributed by atoms with Crippen LogP contribution in [0.15, 0.2) is 22.7 Å². The monoisotopic (exact) mass is 222 g/mol. The lowest BCUT2D eigenvalue weighted by atomic mass is 10.2. The first-order chi connectivity index (χ1) is 5.41. The average molecular weight is 223 g/mol. The molecule has 0 atom stereocenters. The Balaban J connectivity index is 3.19. The van der Waals surface area contributed by atoms with Crippen molar-refractivity contribution in [3.63, 3.8) is 0 Å². The summed E-state index contributed by atoms with van der Waals surface area (Å²) in [6, 6.07) is 4.59. The van der Waals surface area contributed by atoms with Crippen molar-refractivity contribution in [1.82, 2.24) is 0 Å². The molecular formula is C7H6BrClO. The molecule has 1 aromatic carbocycles. The molecule has 1 nitrogen and oxygen atoms in total. The van der Waals surface area contributed by atoms with E-state index < -0.39 is 6.56 Å². The molecular weight excluding hydrogens is 215 g/mol. The van der Waals surface area contributed by atoms with Gasteiger partial charge < -0.3 is 5.11 Å². The molecule has 0 saturated heterocycles. The van der Waals surface area contributed by atoms with Gasteiger partial charge in [0.1, 0.15) is 0 Å². The Morgan fingerprint density at radius 3 is 2.90 bits per heavy atom. The van der Waals surface area contributed by atoms with E-state index in [1.165, 1.54) is 12.1 Å². The predicted molar refractivity (Wildman–Crippen MR) is 45.1 cm³/mol. The van der Waals surface area contributed by atoms with Crippen LogP contribution in [0.4, 0.5) is 0 Å². The zero-order valence-corrected chi connectivity index (χ0v) is 7.28. The highest BCUT2D eigenvalue weighted by Crippen LogP contribution is 2.20. The number of rotatable bonds is 1. The molecule has 0 saturated carbocycles. The van der Waals surface area contributed by atoms with Gasteiger partial charge >= 0.3 is 0 Å². The molecule has 54 valence electrons. The number of halogens is 2. The molecule has 10 heavy (non-hydrogen) atoms. The summed E-state index contributed by atoms with van der Waals surface area (Å²) in [5.74, 6) is 0. The molecule has 0 spiro atoms. The van der Waals surface area contributed by atoms with Gasteiger partial charge in [-0.15, -0.1) is 0 Å². The van der Waals surface area contributed by atoms with Crippen LogP contribution >= 0.6 is 27.5 Å². The first-order valence-electron chi connectivity index (χ1n) is 3.59. The van der Waals surface area contributed by atoms with Crippen LogP contribution in [-0.4, -0.2) is 5.11 Å². The minimum atomic E-state index is -2.38. The van der Waals surface area contributed by atoms with Crippen molar-refractivity contribution in [1.29, 1.82) is 0 Å². The highest BCUT2D eigenvalue weighted by molar-refractivity contribution is 9.10. The topological polar surface area (TPSA) is 20.2 Å². The first-order valence-corrected chi connectivity index (χ1v) is 3.76. The minimum absolute atomic E-state index is 0.0763. The molecule has 0 amide bonds. The maximum atomic E-state index is 8.99. The van der Waals surface area contributed by atoms with E-state index in [0.717, 1.165) is 4.47 Å². The lowest BCUT2D eigenvalue weighted by Gasteiger charge is -1.98. The van der Waals surface area contributed by atoms with E-state index in [4.69, 9.17) is 19.4 Å². The Labute approximate surface area is 75.6 Å². The van der Waals surface area contributed by atoms with Crippen molar-refractivity contribution < 1.29 is 7.85 Å². The molecule has 3 heteroatoms. The largest absolute Gasteiger partial charge is 0.392 e. The molecule has 1 N–H and O–H groups in total. The van der Waals surface area contributed by atoms with Gasteiger partial charge in [0.2, 0.25) is 0 Å². The van der Waals surface area contributed by atoms with Gasteiger partial charge in [-0.3, -0.25) is 0 Å². The van der Waals surface area contributed by atoms with Gasteiger partial charge in [-0.2, -0.15) is 0 Å². The van der Waals surface area contributed by atoms with E-state index >= 15 is 0 Å². The van der Waals surface area contributed by atoms with Crippen molar-refractivity contribution >= 4 is 27.5 Å². The van der Waals surface area contributed by atoms with Crippen LogP contribution in [-0.2, 0) is 6.56 Å². The van der Waals surface area contributed by atoms with Crippen LogP contribution in [0.2, 0.25) is 5.02 Å². The van der Waals surface area contributed by atoms with Crippen LogP contribution in [0, 0.1) is 0 Å². The van der Waals surface area contributed by atoms with Gasteiger partial charge in [0.15, 0.2) is 0 Å². The fourth-order valence-electron chi connectivity index (χ4n) is 0.580. The van der Waals surface area contributed by atoms with Crippen LogP contribution in [0.5, 0.6) is 0 Å². The van der Waals surface area contributed by atoms with Gasteiger partial charge in [0.25, 0.3) is 0 Å². The van der Waals surface area contributed by atoms with Crippen molar-refractivity contribution in [3.05, 3.63) is 33.3 Å². The number of hydrogen-bond donors (Lipinski definition) is 1. The SMILES string of the molecule is [2H]C([2H])(O)c1ccc(Br)cc1Cl. The summed E-state index contributed by atoms with van der Waals surface area (Å²) >= 11 is 8.86. The second kappa shape index (κ2) is 3.37. The predicted octanol–water partition coefficient (Wildman–Crippen LogP) is 2.59. The molecule has 0 aliphatic rings. The first kappa shape index (κ1) is 5.58. The average Bonchev–Trinajstić information content (AvgIpc) is 1.83. The standard InChI is InChI=1S/C7H6BrClO/c8-6-2-1-5(4-10)7(9)3-6/h1-3,10H,4H2/i4D2. The molecule has 0 aliphatic heterocycles. The Kier molecular flexibility index (Phi) is 1.88. The molecule has 0 fully saturated rings. The normalized spacial score (nSPS) is 14.3. The van der Waals surface area contributed by atoms with E-state index in [1.54, 1.807) is 6.07 Å². The smallest absolute Gasteiger partial charge is 0.0696 e. The van der Waals surface area contributed by atoms with Crippen LogP contribution in [0.25, 0.3) is 0 Å². The van der Waals surface area contributed by atoms with E-state index in [1.807, 2.05) is 0 Å². The third kappa shape index (κ3) is 1.72. The molecule has 1 aromatic rings. The summed E-state index contributed by atoms with van der Waals surface area (Å²) in [7, 11) is 0. The van der Waals surface area contributed by atoms with Gasteiger partial charge in [-0.25, -0.2) is 0 Å². The Hall–Kier alpha value is -0.0500. The fraction of sp³-hybridized carbons (Fsp3) is 0.143. The number of aliphatic hydroxyl groups is 1. The van der Waals surface area contributed by atoms with E-state index in [0.29, 0.717) is 0 Å². The Bertz CT molecular complexity index is 298. The van der Waals surface area contributed by atoms with Gasteiger partial charge in [0, 0.05) is 9.50 Å². The molecule has 0 aromatic heterocycles. The van der Waals surface area contributed by atoms with Crippen molar-refractivity contribution in [2.24, 2.45) is 0 Å². The number of benzene rings is 1. The number of hydrogen-bond acceptors (Lipinski definition) is 1. The highest BCUT2D eigenvalue weighted by atomic mass is 79.9. The molecule has 1 rings (SSSR count). The Morgan fingerprint density at radius 2 is 2.40 bits per heavy atom. The van der Waals surface area contributed by atoms with E-state index in [2.05, 4.69) is 15.9 Å². The maximum absolute atomic E-state index is 8.99. The van der Waals surface area contributed by atoms with E-state index in [-0.39, 0.29) is 10.6 Å². The molecule has 0 heterocycles. The quantitative estimate of drug-likeness (QED) is 0.776. The molecule has 0 radical (unpaired) electrons. The van der Waals surface area contributed by atoms with Crippen LogP contribution in [0.1, 0.15) is 8.30 Å².